The molecule has 0 saturated carbocycles. The highest BCUT2D eigenvalue weighted by Crippen LogP contribution is 2.22. The van der Waals surface area contributed by atoms with E-state index in [0.29, 0.717) is 12.3 Å². The monoisotopic (exact) mass is 291 g/mol. The molecule has 0 fully saturated rings. The van der Waals surface area contributed by atoms with Crippen LogP contribution in [0, 0.1) is 0 Å². The van der Waals surface area contributed by atoms with Crippen molar-refractivity contribution in [1.29, 1.82) is 0 Å². The van der Waals surface area contributed by atoms with Crippen LogP contribution < -0.4 is 0 Å². The molecule has 0 aliphatic carbocycles. The molecule has 6 heteroatoms. The van der Waals surface area contributed by atoms with Crippen molar-refractivity contribution in [2.24, 2.45) is 0 Å². The molecule has 0 spiro atoms. The number of ether oxygens (including phenoxy) is 1. The van der Waals surface area contributed by atoms with Crippen molar-refractivity contribution in [1.82, 2.24) is 14.8 Å². The lowest BCUT2D eigenvalue weighted by Crippen LogP contribution is -2.37. The van der Waals surface area contributed by atoms with Crippen molar-refractivity contribution in [3.63, 3.8) is 0 Å². The quantitative estimate of drug-likeness (QED) is 0.768. The summed E-state index contributed by atoms with van der Waals surface area (Å²) in [7, 11) is 0. The Kier molecular flexibility index (Phi) is 4.46. The number of carbonyl (C=O) groups is 1. The standard InChI is InChI=1S/C14H17N3O2S/c1-4-19-14(2,3)13(18)12(17-10-15-9-16-17)8-11-6-5-7-20-11/h5-10H,4H2,1-3H3/b12-8-. The molecule has 0 radical (unpaired) electrons. The van der Waals surface area contributed by atoms with Crippen LogP contribution in [-0.2, 0) is 9.53 Å². The molecule has 2 aromatic rings. The molecule has 0 N–H and O–H groups in total. The average Bonchev–Trinajstić information content (AvgIpc) is 3.08. The zero-order valence-corrected chi connectivity index (χ0v) is 12.6. The second-order valence-electron chi connectivity index (χ2n) is 4.66. The minimum atomic E-state index is -0.899. The Balaban J connectivity index is 2.40. The van der Waals surface area contributed by atoms with Crippen LogP contribution in [0.2, 0.25) is 0 Å². The summed E-state index contributed by atoms with van der Waals surface area (Å²) >= 11 is 1.56. The molecule has 2 heterocycles. The highest BCUT2D eigenvalue weighted by Gasteiger charge is 2.32. The summed E-state index contributed by atoms with van der Waals surface area (Å²) in [6.07, 6.45) is 4.73. The molecule has 20 heavy (non-hydrogen) atoms. The summed E-state index contributed by atoms with van der Waals surface area (Å²) in [4.78, 5) is 17.6. The zero-order chi connectivity index (χ0) is 14.6. The molecule has 0 aromatic carbocycles. The Bertz CT molecular complexity index is 586. The molecule has 0 bridgehead atoms. The smallest absolute Gasteiger partial charge is 0.212 e. The van der Waals surface area contributed by atoms with Crippen molar-refractivity contribution >= 4 is 28.9 Å². The topological polar surface area (TPSA) is 57.0 Å². The Labute approximate surface area is 121 Å². The maximum Gasteiger partial charge on any atom is 0.212 e. The Morgan fingerprint density at radius 3 is 2.90 bits per heavy atom. The van der Waals surface area contributed by atoms with E-state index in [0.717, 1.165) is 4.88 Å². The van der Waals surface area contributed by atoms with Gasteiger partial charge in [-0.25, -0.2) is 9.67 Å². The maximum absolute atomic E-state index is 12.7. The number of hydrogen-bond donors (Lipinski definition) is 0. The Morgan fingerprint density at radius 2 is 2.35 bits per heavy atom. The molecule has 0 amide bonds. The second-order valence-corrected chi connectivity index (χ2v) is 5.64. The van der Waals surface area contributed by atoms with E-state index >= 15 is 0 Å². The molecule has 0 atom stereocenters. The van der Waals surface area contributed by atoms with Gasteiger partial charge in [0.1, 0.15) is 24.0 Å². The van der Waals surface area contributed by atoms with Gasteiger partial charge in [-0.1, -0.05) is 6.07 Å². The van der Waals surface area contributed by atoms with Crippen LogP contribution in [0.4, 0.5) is 0 Å². The fourth-order valence-corrected chi connectivity index (χ4v) is 2.46. The summed E-state index contributed by atoms with van der Waals surface area (Å²) in [6.45, 7) is 5.87. The van der Waals surface area contributed by atoms with Gasteiger partial charge in [0.15, 0.2) is 0 Å². The van der Waals surface area contributed by atoms with Crippen molar-refractivity contribution < 1.29 is 9.53 Å². The molecular weight excluding hydrogens is 274 g/mol. The van der Waals surface area contributed by atoms with Gasteiger partial charge < -0.3 is 4.74 Å². The molecule has 5 nitrogen and oxygen atoms in total. The van der Waals surface area contributed by atoms with Crippen LogP contribution in [0.15, 0.2) is 30.2 Å². The third-order valence-corrected chi connectivity index (χ3v) is 3.59. The Hall–Kier alpha value is -1.79. The number of nitrogens with zero attached hydrogens (tertiary/aromatic N) is 3. The summed E-state index contributed by atoms with van der Waals surface area (Å²) in [5.41, 5.74) is -0.451. The van der Waals surface area contributed by atoms with E-state index in [1.165, 1.54) is 17.3 Å². The largest absolute Gasteiger partial charge is 0.368 e. The third kappa shape index (κ3) is 3.20. The second kappa shape index (κ2) is 6.11. The van der Waals surface area contributed by atoms with Crippen molar-refractivity contribution in [2.45, 2.75) is 26.4 Å². The SMILES string of the molecule is CCOC(C)(C)C(=O)/C(=C/c1cccs1)n1cncn1. The first kappa shape index (κ1) is 14.6. The van der Waals surface area contributed by atoms with E-state index in [4.69, 9.17) is 4.74 Å². The van der Waals surface area contributed by atoms with E-state index in [1.54, 1.807) is 25.2 Å². The molecule has 2 aromatic heterocycles. The van der Waals surface area contributed by atoms with E-state index in [1.807, 2.05) is 30.5 Å². The number of aromatic nitrogens is 3. The van der Waals surface area contributed by atoms with Crippen molar-refractivity contribution in [3.05, 3.63) is 35.0 Å². The van der Waals surface area contributed by atoms with Gasteiger partial charge in [0.25, 0.3) is 0 Å². The summed E-state index contributed by atoms with van der Waals surface area (Å²) in [5.74, 6) is -0.127. The van der Waals surface area contributed by atoms with Gasteiger partial charge >= 0.3 is 0 Å². The molecule has 0 saturated heterocycles. The minimum Gasteiger partial charge on any atom is -0.368 e. The normalized spacial score (nSPS) is 12.7. The first-order chi connectivity index (χ1) is 9.54. The summed E-state index contributed by atoms with van der Waals surface area (Å²) in [5, 5.41) is 6.02. The third-order valence-electron chi connectivity index (χ3n) is 2.77. The summed E-state index contributed by atoms with van der Waals surface area (Å²) < 4.78 is 7.02. The highest BCUT2D eigenvalue weighted by molar-refractivity contribution is 7.10. The van der Waals surface area contributed by atoms with Crippen LogP contribution in [-0.4, -0.2) is 32.8 Å². The van der Waals surface area contributed by atoms with E-state index in [-0.39, 0.29) is 5.78 Å². The molecule has 0 unspecified atom stereocenters. The number of carbonyl (C=O) groups excluding carboxylic acids is 1. The molecule has 0 aliphatic heterocycles. The molecular formula is C14H17N3O2S. The van der Waals surface area contributed by atoms with Crippen molar-refractivity contribution in [2.75, 3.05) is 6.61 Å². The van der Waals surface area contributed by atoms with E-state index in [2.05, 4.69) is 10.1 Å². The average molecular weight is 291 g/mol. The first-order valence-electron chi connectivity index (χ1n) is 6.33. The maximum atomic E-state index is 12.7. The molecule has 106 valence electrons. The number of rotatable bonds is 6. The lowest BCUT2D eigenvalue weighted by molar-refractivity contribution is -0.133. The first-order valence-corrected chi connectivity index (χ1v) is 7.21. The van der Waals surface area contributed by atoms with Gasteiger partial charge in [0.2, 0.25) is 5.78 Å². The van der Waals surface area contributed by atoms with Gasteiger partial charge in [-0.05, 0) is 38.3 Å². The molecule has 0 aliphatic rings. The number of hydrogen-bond acceptors (Lipinski definition) is 5. The fourth-order valence-electron chi connectivity index (χ4n) is 1.81. The summed E-state index contributed by atoms with van der Waals surface area (Å²) in [6, 6.07) is 3.89. The van der Waals surface area contributed by atoms with Gasteiger partial charge in [-0.15, -0.1) is 11.3 Å². The van der Waals surface area contributed by atoms with Gasteiger partial charge in [-0.3, -0.25) is 4.79 Å². The predicted molar refractivity (Wildman–Crippen MR) is 79.2 cm³/mol. The minimum absolute atomic E-state index is 0.127. The van der Waals surface area contributed by atoms with Crippen LogP contribution in [0.3, 0.4) is 0 Å². The number of ketones is 1. The van der Waals surface area contributed by atoms with Crippen LogP contribution in [0.1, 0.15) is 25.6 Å². The lowest BCUT2D eigenvalue weighted by Gasteiger charge is -2.24. The van der Waals surface area contributed by atoms with Gasteiger partial charge in [0, 0.05) is 11.5 Å². The van der Waals surface area contributed by atoms with Crippen LogP contribution in [0.25, 0.3) is 11.8 Å². The lowest BCUT2D eigenvalue weighted by atomic mass is 10.00. The van der Waals surface area contributed by atoms with Crippen molar-refractivity contribution in [3.8, 4) is 0 Å². The van der Waals surface area contributed by atoms with Gasteiger partial charge in [0.05, 0.1) is 0 Å². The van der Waals surface area contributed by atoms with Gasteiger partial charge in [-0.2, -0.15) is 5.10 Å². The predicted octanol–water partition coefficient (Wildman–Crippen LogP) is 2.72. The van der Waals surface area contributed by atoms with Crippen LogP contribution >= 0.6 is 11.3 Å². The van der Waals surface area contributed by atoms with E-state index in [9.17, 15) is 4.79 Å². The number of thiophene rings is 1. The van der Waals surface area contributed by atoms with E-state index < -0.39 is 5.60 Å². The number of Topliss-reactive ketones (excluding diaryl/α,β-unsaturated/α-hetero) is 1. The molecule has 2 rings (SSSR count). The van der Waals surface area contributed by atoms with Crippen LogP contribution in [0.5, 0.6) is 0 Å². The Morgan fingerprint density at radius 1 is 1.55 bits per heavy atom. The fraction of sp³-hybridized carbons (Fsp3) is 0.357. The highest BCUT2D eigenvalue weighted by atomic mass is 32.1. The zero-order valence-electron chi connectivity index (χ0n) is 11.7.